The van der Waals surface area contributed by atoms with Crippen LogP contribution in [-0.4, -0.2) is 29.9 Å². The van der Waals surface area contributed by atoms with Gasteiger partial charge >= 0.3 is 0 Å². The first-order valence-corrected chi connectivity index (χ1v) is 4.94. The predicted molar refractivity (Wildman–Crippen MR) is 55.3 cm³/mol. The van der Waals surface area contributed by atoms with Gasteiger partial charge < -0.3 is 10.6 Å². The normalized spacial score (nSPS) is 15.6. The monoisotopic (exact) mass is 186 g/mol. The number of nitrogens with zero attached hydrogens (tertiary/aromatic N) is 1. The third-order valence-electron chi connectivity index (χ3n) is 2.68. The minimum atomic E-state index is -0.341. The molecule has 0 saturated heterocycles. The van der Waals surface area contributed by atoms with Crippen molar-refractivity contribution in [2.75, 3.05) is 7.05 Å². The average molecular weight is 186 g/mol. The Labute approximate surface area is 81.3 Å². The number of amides is 1. The Morgan fingerprint density at radius 2 is 1.85 bits per heavy atom. The van der Waals surface area contributed by atoms with Crippen LogP contribution in [0.5, 0.6) is 0 Å². The Bertz CT molecular complexity index is 168. The lowest BCUT2D eigenvalue weighted by atomic mass is 10.0. The van der Waals surface area contributed by atoms with E-state index in [9.17, 15) is 4.79 Å². The number of likely N-dealkylation sites (N-methyl/N-ethyl adjacent to an activating group) is 1. The van der Waals surface area contributed by atoms with Crippen LogP contribution in [0.15, 0.2) is 0 Å². The molecule has 78 valence electrons. The Morgan fingerprint density at radius 1 is 1.38 bits per heavy atom. The van der Waals surface area contributed by atoms with Crippen LogP contribution in [0.1, 0.15) is 34.1 Å². The maximum atomic E-state index is 11.6. The first kappa shape index (κ1) is 12.4. The van der Waals surface area contributed by atoms with Crippen molar-refractivity contribution in [1.82, 2.24) is 4.90 Å². The second-order valence-corrected chi connectivity index (χ2v) is 3.95. The van der Waals surface area contributed by atoms with E-state index in [2.05, 4.69) is 13.8 Å². The Balaban J connectivity index is 4.25. The van der Waals surface area contributed by atoms with Gasteiger partial charge in [-0.15, -0.1) is 0 Å². The molecule has 1 unspecified atom stereocenters. The van der Waals surface area contributed by atoms with Crippen LogP contribution in [-0.2, 0) is 4.79 Å². The highest BCUT2D eigenvalue weighted by Crippen LogP contribution is 2.09. The van der Waals surface area contributed by atoms with Crippen molar-refractivity contribution in [2.24, 2.45) is 11.7 Å². The van der Waals surface area contributed by atoms with Crippen molar-refractivity contribution in [3.63, 3.8) is 0 Å². The molecule has 0 aromatic rings. The molecule has 0 aromatic heterocycles. The minimum absolute atomic E-state index is 0.0451. The molecule has 13 heavy (non-hydrogen) atoms. The lowest BCUT2D eigenvalue weighted by Crippen LogP contribution is -2.46. The molecule has 0 bridgehead atoms. The number of carbonyl (C=O) groups is 1. The van der Waals surface area contributed by atoms with E-state index in [1.807, 2.05) is 20.9 Å². The zero-order chi connectivity index (χ0) is 10.6. The van der Waals surface area contributed by atoms with E-state index >= 15 is 0 Å². The molecule has 0 aromatic carbocycles. The van der Waals surface area contributed by atoms with Crippen LogP contribution in [0, 0.1) is 5.92 Å². The van der Waals surface area contributed by atoms with E-state index < -0.39 is 0 Å². The number of hydrogen-bond acceptors (Lipinski definition) is 2. The van der Waals surface area contributed by atoms with Crippen molar-refractivity contribution >= 4 is 5.91 Å². The van der Waals surface area contributed by atoms with E-state index in [0.717, 1.165) is 0 Å². The smallest absolute Gasteiger partial charge is 0.239 e. The van der Waals surface area contributed by atoms with Crippen LogP contribution >= 0.6 is 0 Å². The Hall–Kier alpha value is -0.570. The summed E-state index contributed by atoms with van der Waals surface area (Å²) in [5.41, 5.74) is 5.66. The van der Waals surface area contributed by atoms with Crippen LogP contribution in [0.4, 0.5) is 0 Å². The van der Waals surface area contributed by atoms with Gasteiger partial charge in [0.2, 0.25) is 5.91 Å². The molecule has 3 heteroatoms. The second-order valence-electron chi connectivity index (χ2n) is 3.95. The summed E-state index contributed by atoms with van der Waals surface area (Å²) in [6.07, 6.45) is 0.702. The van der Waals surface area contributed by atoms with Crippen LogP contribution in [0.3, 0.4) is 0 Å². The fraction of sp³-hybridized carbons (Fsp3) is 0.900. The molecule has 0 radical (unpaired) electrons. The van der Waals surface area contributed by atoms with Gasteiger partial charge in [0.05, 0.1) is 6.04 Å². The van der Waals surface area contributed by atoms with Crippen LogP contribution < -0.4 is 5.73 Å². The maximum Gasteiger partial charge on any atom is 0.239 e. The summed E-state index contributed by atoms with van der Waals surface area (Å²) in [7, 11) is 1.82. The molecule has 2 atom stereocenters. The topological polar surface area (TPSA) is 46.3 Å². The van der Waals surface area contributed by atoms with Crippen molar-refractivity contribution < 1.29 is 4.79 Å². The molecule has 0 spiro atoms. The van der Waals surface area contributed by atoms with Crippen molar-refractivity contribution in [3.05, 3.63) is 0 Å². The first-order chi connectivity index (χ1) is 5.91. The van der Waals surface area contributed by atoms with Crippen molar-refractivity contribution in [3.8, 4) is 0 Å². The highest BCUT2D eigenvalue weighted by Gasteiger charge is 2.22. The second kappa shape index (κ2) is 5.22. The Morgan fingerprint density at radius 3 is 2.15 bits per heavy atom. The van der Waals surface area contributed by atoms with Gasteiger partial charge in [-0.2, -0.15) is 0 Å². The van der Waals surface area contributed by atoms with Gasteiger partial charge in [-0.25, -0.2) is 0 Å². The van der Waals surface area contributed by atoms with E-state index in [-0.39, 0.29) is 18.0 Å². The summed E-state index contributed by atoms with van der Waals surface area (Å²) < 4.78 is 0. The Kier molecular flexibility index (Phi) is 4.99. The molecule has 3 nitrogen and oxygen atoms in total. The van der Waals surface area contributed by atoms with E-state index in [0.29, 0.717) is 12.3 Å². The molecule has 0 aliphatic heterocycles. The van der Waals surface area contributed by atoms with Crippen molar-refractivity contribution in [2.45, 2.75) is 46.2 Å². The van der Waals surface area contributed by atoms with Gasteiger partial charge in [0.25, 0.3) is 0 Å². The predicted octanol–water partition coefficient (Wildman–Crippen LogP) is 1.23. The van der Waals surface area contributed by atoms with Gasteiger partial charge in [0.15, 0.2) is 0 Å². The molecular weight excluding hydrogens is 164 g/mol. The summed E-state index contributed by atoms with van der Waals surface area (Å²) in [5.74, 6) is 0.515. The molecule has 0 aliphatic carbocycles. The molecule has 0 saturated carbocycles. The number of carbonyl (C=O) groups excluding carboxylic acids is 1. The summed E-state index contributed by atoms with van der Waals surface area (Å²) in [5, 5.41) is 0. The molecule has 0 rings (SSSR count). The first-order valence-electron chi connectivity index (χ1n) is 4.94. The fourth-order valence-corrected chi connectivity index (χ4v) is 1.08. The van der Waals surface area contributed by atoms with E-state index in [4.69, 9.17) is 5.73 Å². The van der Waals surface area contributed by atoms with Crippen LogP contribution in [0.25, 0.3) is 0 Å². The molecule has 0 aliphatic rings. The highest BCUT2D eigenvalue weighted by atomic mass is 16.2. The maximum absolute atomic E-state index is 11.6. The van der Waals surface area contributed by atoms with Gasteiger partial charge in [-0.3, -0.25) is 4.79 Å². The zero-order valence-electron chi connectivity index (χ0n) is 9.37. The lowest BCUT2D eigenvalue weighted by molar-refractivity contribution is -0.133. The lowest BCUT2D eigenvalue weighted by Gasteiger charge is -2.29. The molecule has 2 N–H and O–H groups in total. The zero-order valence-corrected chi connectivity index (χ0v) is 9.37. The van der Waals surface area contributed by atoms with Crippen molar-refractivity contribution in [1.29, 1.82) is 0 Å². The van der Waals surface area contributed by atoms with Gasteiger partial charge in [-0.1, -0.05) is 20.8 Å². The van der Waals surface area contributed by atoms with Gasteiger partial charge in [-0.05, 0) is 19.3 Å². The van der Waals surface area contributed by atoms with E-state index in [1.165, 1.54) is 0 Å². The largest absolute Gasteiger partial charge is 0.341 e. The van der Waals surface area contributed by atoms with Gasteiger partial charge in [0.1, 0.15) is 0 Å². The fourth-order valence-electron chi connectivity index (χ4n) is 1.08. The summed E-state index contributed by atoms with van der Waals surface area (Å²) in [6.45, 7) is 8.18. The quantitative estimate of drug-likeness (QED) is 0.717. The number of rotatable bonds is 4. The summed E-state index contributed by atoms with van der Waals surface area (Å²) in [6, 6.07) is -0.0868. The third-order valence-corrected chi connectivity index (χ3v) is 2.68. The third kappa shape index (κ3) is 3.35. The highest BCUT2D eigenvalue weighted by molar-refractivity contribution is 5.81. The van der Waals surface area contributed by atoms with E-state index in [1.54, 1.807) is 4.90 Å². The minimum Gasteiger partial charge on any atom is -0.341 e. The SMILES string of the molecule is CC[C@H](N)C(=O)N(C)C(C)C(C)C. The van der Waals surface area contributed by atoms with Crippen LogP contribution in [0.2, 0.25) is 0 Å². The number of hydrogen-bond donors (Lipinski definition) is 1. The molecule has 0 fully saturated rings. The summed E-state index contributed by atoms with van der Waals surface area (Å²) >= 11 is 0. The van der Waals surface area contributed by atoms with Gasteiger partial charge in [0, 0.05) is 13.1 Å². The molecular formula is C10H22N2O. The summed E-state index contributed by atoms with van der Waals surface area (Å²) in [4.78, 5) is 13.4. The standard InChI is InChI=1S/C10H22N2O/c1-6-9(11)10(13)12(5)8(4)7(2)3/h7-9H,6,11H2,1-5H3/t8?,9-/m0/s1. The number of nitrogens with two attached hydrogens (primary N) is 1. The average Bonchev–Trinajstić information content (AvgIpc) is 2.12. The molecule has 0 heterocycles. The molecule has 1 amide bonds.